The molecule has 27 heavy (non-hydrogen) atoms. The topological polar surface area (TPSA) is 90.4 Å². The molecular weight excluding hydrogens is 366 g/mol. The van der Waals surface area contributed by atoms with Crippen molar-refractivity contribution in [2.75, 3.05) is 13.2 Å². The van der Waals surface area contributed by atoms with E-state index >= 15 is 0 Å². The van der Waals surface area contributed by atoms with Gasteiger partial charge in [-0.05, 0) is 42.0 Å². The van der Waals surface area contributed by atoms with Gasteiger partial charge in [0, 0.05) is 36.8 Å². The van der Waals surface area contributed by atoms with Crippen LogP contribution in [0, 0.1) is 0 Å². The van der Waals surface area contributed by atoms with Gasteiger partial charge in [0.2, 0.25) is 10.0 Å². The van der Waals surface area contributed by atoms with Gasteiger partial charge in [-0.25, -0.2) is 13.1 Å². The van der Waals surface area contributed by atoms with Crippen molar-refractivity contribution in [3.8, 4) is 22.8 Å². The first kappa shape index (κ1) is 17.4. The lowest BCUT2D eigenvalue weighted by atomic mass is 10.1. The number of sulfonamides is 1. The first-order chi connectivity index (χ1) is 13.1. The van der Waals surface area contributed by atoms with Gasteiger partial charge < -0.3 is 9.47 Å². The molecule has 7 nitrogen and oxygen atoms in total. The number of nitrogens with one attached hydrogen (secondary N) is 1. The molecule has 3 heterocycles. The van der Waals surface area contributed by atoms with E-state index in [9.17, 15) is 8.42 Å². The van der Waals surface area contributed by atoms with Crippen LogP contribution in [0.5, 0.6) is 11.5 Å². The van der Waals surface area contributed by atoms with Gasteiger partial charge in [0.15, 0.2) is 11.5 Å². The van der Waals surface area contributed by atoms with Crippen molar-refractivity contribution < 1.29 is 17.9 Å². The monoisotopic (exact) mass is 383 g/mol. The maximum Gasteiger partial charge on any atom is 0.241 e. The molecule has 3 aromatic rings. The fraction of sp³-hybridized carbons (Fsp3) is 0.158. The predicted octanol–water partition coefficient (Wildman–Crippen LogP) is 2.39. The number of aromatic nitrogens is 2. The first-order valence-corrected chi connectivity index (χ1v) is 9.85. The lowest BCUT2D eigenvalue weighted by molar-refractivity contribution is 0.171. The average molecular weight is 383 g/mol. The smallest absolute Gasteiger partial charge is 0.241 e. The highest BCUT2D eigenvalue weighted by atomic mass is 32.2. The molecular formula is C19H17N3O4S. The zero-order chi connectivity index (χ0) is 18.7. The Labute approximate surface area is 157 Å². The molecule has 1 N–H and O–H groups in total. The second kappa shape index (κ2) is 7.34. The lowest BCUT2D eigenvalue weighted by Gasteiger charge is -2.19. The minimum Gasteiger partial charge on any atom is -0.486 e. The van der Waals surface area contributed by atoms with Crippen molar-refractivity contribution in [2.24, 2.45) is 0 Å². The summed E-state index contributed by atoms with van der Waals surface area (Å²) < 4.78 is 38.7. The second-order valence-corrected chi connectivity index (χ2v) is 7.69. The van der Waals surface area contributed by atoms with E-state index in [-0.39, 0.29) is 11.4 Å². The summed E-state index contributed by atoms with van der Waals surface area (Å²) in [5.74, 6) is 0.988. The Hall–Kier alpha value is -2.97. The van der Waals surface area contributed by atoms with E-state index in [1.165, 1.54) is 12.1 Å². The van der Waals surface area contributed by atoms with Crippen LogP contribution in [0.4, 0.5) is 0 Å². The van der Waals surface area contributed by atoms with Crippen molar-refractivity contribution in [3.63, 3.8) is 0 Å². The van der Waals surface area contributed by atoms with Gasteiger partial charge in [0.25, 0.3) is 0 Å². The number of hydrogen-bond donors (Lipinski definition) is 1. The van der Waals surface area contributed by atoms with Crippen molar-refractivity contribution >= 4 is 10.0 Å². The summed E-state index contributed by atoms with van der Waals surface area (Å²) >= 11 is 0. The van der Waals surface area contributed by atoms with E-state index < -0.39 is 10.0 Å². The van der Waals surface area contributed by atoms with E-state index in [2.05, 4.69) is 14.7 Å². The van der Waals surface area contributed by atoms with Crippen LogP contribution < -0.4 is 14.2 Å². The summed E-state index contributed by atoms with van der Waals surface area (Å²) in [4.78, 5) is 8.52. The third-order valence-electron chi connectivity index (χ3n) is 4.07. The van der Waals surface area contributed by atoms with Gasteiger partial charge >= 0.3 is 0 Å². The second-order valence-electron chi connectivity index (χ2n) is 5.92. The van der Waals surface area contributed by atoms with Gasteiger partial charge in [-0.15, -0.1) is 0 Å². The van der Waals surface area contributed by atoms with Crippen LogP contribution >= 0.6 is 0 Å². The maximum absolute atomic E-state index is 12.6. The van der Waals surface area contributed by atoms with Gasteiger partial charge in [-0.3, -0.25) is 9.97 Å². The van der Waals surface area contributed by atoms with Gasteiger partial charge in [0.1, 0.15) is 13.2 Å². The van der Waals surface area contributed by atoms with Crippen LogP contribution in [-0.2, 0) is 16.6 Å². The molecule has 0 spiro atoms. The average Bonchev–Trinajstić information content (AvgIpc) is 2.73. The van der Waals surface area contributed by atoms with E-state index in [1.54, 1.807) is 30.7 Å². The Kier molecular flexibility index (Phi) is 4.74. The number of ether oxygens (including phenoxy) is 2. The van der Waals surface area contributed by atoms with Crippen LogP contribution in [0.2, 0.25) is 0 Å². The van der Waals surface area contributed by atoms with E-state index in [0.29, 0.717) is 24.7 Å². The molecule has 0 amide bonds. The molecule has 0 fully saturated rings. The van der Waals surface area contributed by atoms with Gasteiger partial charge in [-0.2, -0.15) is 0 Å². The van der Waals surface area contributed by atoms with Crippen LogP contribution in [-0.4, -0.2) is 31.6 Å². The molecule has 1 aliphatic heterocycles. The van der Waals surface area contributed by atoms with E-state index in [0.717, 1.165) is 16.8 Å². The quantitative estimate of drug-likeness (QED) is 0.728. The van der Waals surface area contributed by atoms with E-state index in [4.69, 9.17) is 9.47 Å². The summed E-state index contributed by atoms with van der Waals surface area (Å²) in [6.45, 7) is 1.00. The number of fused-ring (bicyclic) bond motifs is 1. The number of hydrogen-bond acceptors (Lipinski definition) is 6. The summed E-state index contributed by atoms with van der Waals surface area (Å²) in [6, 6.07) is 11.9. The zero-order valence-electron chi connectivity index (χ0n) is 14.3. The normalized spacial score (nSPS) is 13.3. The molecule has 1 aromatic carbocycles. The van der Waals surface area contributed by atoms with Crippen molar-refractivity contribution in [1.29, 1.82) is 0 Å². The molecule has 0 saturated carbocycles. The van der Waals surface area contributed by atoms with Crippen molar-refractivity contribution in [1.82, 2.24) is 14.7 Å². The fourth-order valence-electron chi connectivity index (χ4n) is 2.71. The van der Waals surface area contributed by atoms with Crippen LogP contribution in [0.3, 0.4) is 0 Å². The highest BCUT2D eigenvalue weighted by Crippen LogP contribution is 2.32. The summed E-state index contributed by atoms with van der Waals surface area (Å²) in [5, 5.41) is 0. The molecule has 0 saturated heterocycles. The predicted molar refractivity (Wildman–Crippen MR) is 98.9 cm³/mol. The van der Waals surface area contributed by atoms with Crippen molar-refractivity contribution in [3.05, 3.63) is 66.6 Å². The third-order valence-corrected chi connectivity index (χ3v) is 5.47. The highest BCUT2D eigenvalue weighted by molar-refractivity contribution is 7.89. The largest absolute Gasteiger partial charge is 0.486 e. The number of benzene rings is 1. The van der Waals surface area contributed by atoms with Gasteiger partial charge in [-0.1, -0.05) is 0 Å². The van der Waals surface area contributed by atoms with Crippen LogP contribution in [0.1, 0.15) is 5.56 Å². The highest BCUT2D eigenvalue weighted by Gasteiger charge is 2.19. The standard InChI is InChI=1S/C19H17N3O4S/c23-27(24,16-3-4-18-19(11-16)26-9-8-25-18)22-12-14-5-7-21-17(10-14)15-2-1-6-20-13-15/h1-7,10-11,13,22H,8-9,12H2. The van der Waals surface area contributed by atoms with Crippen LogP contribution in [0.25, 0.3) is 11.3 Å². The lowest BCUT2D eigenvalue weighted by Crippen LogP contribution is -2.24. The van der Waals surface area contributed by atoms with E-state index in [1.807, 2.05) is 18.2 Å². The fourth-order valence-corrected chi connectivity index (χ4v) is 3.74. The Bertz CT molecular complexity index is 1060. The van der Waals surface area contributed by atoms with Gasteiger partial charge in [0.05, 0.1) is 10.6 Å². The first-order valence-electron chi connectivity index (χ1n) is 8.36. The summed E-state index contributed by atoms with van der Waals surface area (Å²) in [5.41, 5.74) is 2.40. The molecule has 0 aliphatic carbocycles. The molecule has 4 rings (SSSR count). The molecule has 1 aliphatic rings. The molecule has 0 bridgehead atoms. The number of rotatable bonds is 5. The summed E-state index contributed by atoms with van der Waals surface area (Å²) in [6.07, 6.45) is 5.05. The minimum atomic E-state index is -3.69. The molecule has 0 unspecified atom stereocenters. The maximum atomic E-state index is 12.6. The SMILES string of the molecule is O=S(=O)(NCc1ccnc(-c2cccnc2)c1)c1ccc2c(c1)OCCO2. The zero-order valence-corrected chi connectivity index (χ0v) is 15.1. The third kappa shape index (κ3) is 3.91. The van der Waals surface area contributed by atoms with Crippen LogP contribution in [0.15, 0.2) is 66.0 Å². The Morgan fingerprint density at radius 3 is 2.67 bits per heavy atom. The Morgan fingerprint density at radius 2 is 1.85 bits per heavy atom. The molecule has 0 radical (unpaired) electrons. The Balaban J connectivity index is 1.51. The van der Waals surface area contributed by atoms with Crippen molar-refractivity contribution in [2.45, 2.75) is 11.4 Å². The number of nitrogens with zero attached hydrogens (tertiary/aromatic N) is 2. The number of pyridine rings is 2. The molecule has 2 aromatic heterocycles. The molecule has 138 valence electrons. The molecule has 8 heteroatoms. The molecule has 0 atom stereocenters. The summed E-state index contributed by atoms with van der Waals surface area (Å²) in [7, 11) is -3.69. The Morgan fingerprint density at radius 1 is 1.00 bits per heavy atom. The minimum absolute atomic E-state index is 0.133.